The van der Waals surface area contributed by atoms with Gasteiger partial charge < -0.3 is 10.6 Å². The fraction of sp³-hybridized carbons (Fsp3) is 0.500. The number of fused-ring (bicyclic) bond motifs is 1. The number of hydrogen-bond acceptors (Lipinski definition) is 3. The van der Waals surface area contributed by atoms with Crippen molar-refractivity contribution in [3.63, 3.8) is 0 Å². The van der Waals surface area contributed by atoms with Crippen LogP contribution in [0.5, 0.6) is 0 Å². The fourth-order valence-corrected chi connectivity index (χ4v) is 3.50. The Bertz CT molecular complexity index is 479. The number of hydrogen-bond donors (Lipinski definition) is 2. The van der Waals surface area contributed by atoms with Crippen molar-refractivity contribution >= 4 is 35.0 Å². The average molecular weight is 299 g/mol. The van der Waals surface area contributed by atoms with Crippen molar-refractivity contribution in [2.75, 3.05) is 18.1 Å². The summed E-state index contributed by atoms with van der Waals surface area (Å²) in [4.78, 5) is 12.8. The van der Waals surface area contributed by atoms with E-state index in [4.69, 9.17) is 11.6 Å². The Kier molecular flexibility index (Phi) is 5.13. The Morgan fingerprint density at radius 3 is 2.89 bits per heavy atom. The second-order valence-electron chi connectivity index (χ2n) is 4.64. The van der Waals surface area contributed by atoms with Crippen LogP contribution in [0, 0.1) is 0 Å². The molecule has 0 saturated heterocycles. The lowest BCUT2D eigenvalue weighted by atomic mass is 10.1. The molecule has 0 spiro atoms. The molecule has 0 saturated carbocycles. The van der Waals surface area contributed by atoms with Gasteiger partial charge in [-0.25, -0.2) is 0 Å². The smallest absolute Gasteiger partial charge is 0.246 e. The number of benzene rings is 1. The van der Waals surface area contributed by atoms with E-state index in [1.54, 1.807) is 18.8 Å². The molecule has 2 rings (SSSR count). The van der Waals surface area contributed by atoms with Crippen molar-refractivity contribution in [2.24, 2.45) is 0 Å². The average Bonchev–Trinajstić information content (AvgIpc) is 2.69. The first-order valence-corrected chi connectivity index (χ1v) is 7.98. The van der Waals surface area contributed by atoms with Gasteiger partial charge in [-0.2, -0.15) is 0 Å². The minimum absolute atomic E-state index is 0.0123. The van der Waals surface area contributed by atoms with Crippen molar-refractivity contribution in [3.8, 4) is 0 Å². The van der Waals surface area contributed by atoms with Gasteiger partial charge in [0.05, 0.1) is 5.02 Å². The number of unbranched alkanes of at least 4 members (excludes halogenated alkanes) is 2. The van der Waals surface area contributed by atoms with Crippen LogP contribution in [0.3, 0.4) is 0 Å². The van der Waals surface area contributed by atoms with Gasteiger partial charge in [-0.05, 0) is 31.4 Å². The van der Waals surface area contributed by atoms with Crippen LogP contribution in [0.15, 0.2) is 17.0 Å². The van der Waals surface area contributed by atoms with Gasteiger partial charge in [0.1, 0.15) is 6.04 Å². The predicted molar refractivity (Wildman–Crippen MR) is 82.1 cm³/mol. The lowest BCUT2D eigenvalue weighted by Gasteiger charge is -2.09. The van der Waals surface area contributed by atoms with Crippen molar-refractivity contribution in [1.82, 2.24) is 5.32 Å². The summed E-state index contributed by atoms with van der Waals surface area (Å²) in [7, 11) is 1.78. The van der Waals surface area contributed by atoms with Gasteiger partial charge in [0.15, 0.2) is 0 Å². The van der Waals surface area contributed by atoms with Crippen LogP contribution in [-0.2, 0) is 4.79 Å². The summed E-state index contributed by atoms with van der Waals surface area (Å²) in [6.07, 6.45) is 3.66. The molecule has 1 aliphatic rings. The molecule has 1 heterocycles. The maximum absolute atomic E-state index is 11.8. The minimum Gasteiger partial charge on any atom is -0.324 e. The van der Waals surface area contributed by atoms with E-state index in [9.17, 15) is 4.79 Å². The highest BCUT2D eigenvalue weighted by atomic mass is 35.5. The Morgan fingerprint density at radius 1 is 1.42 bits per heavy atom. The molecule has 0 aromatic heterocycles. The molecule has 1 aliphatic heterocycles. The highest BCUT2D eigenvalue weighted by Crippen LogP contribution is 2.38. The summed E-state index contributed by atoms with van der Waals surface area (Å²) in [5.41, 5.74) is 1.82. The summed E-state index contributed by atoms with van der Waals surface area (Å²) in [5, 5.41) is 6.63. The molecule has 0 radical (unpaired) electrons. The van der Waals surface area contributed by atoms with Crippen molar-refractivity contribution in [1.29, 1.82) is 0 Å². The number of likely N-dealkylation sites (N-methyl/N-ethyl adjacent to an activating group) is 1. The molecule has 1 atom stereocenters. The van der Waals surface area contributed by atoms with Gasteiger partial charge in [-0.1, -0.05) is 31.4 Å². The van der Waals surface area contributed by atoms with Gasteiger partial charge in [-0.3, -0.25) is 4.79 Å². The quantitative estimate of drug-likeness (QED) is 0.619. The molecule has 5 heteroatoms. The van der Waals surface area contributed by atoms with E-state index in [2.05, 4.69) is 17.6 Å². The molecule has 0 aliphatic carbocycles. The standard InChI is InChI=1S/C14H19ClN2OS/c1-3-4-5-6-19-12-8-11-9(7-10(12)15)13(16-2)14(18)17-11/h7-8,13,16H,3-6H2,1-2H3,(H,17,18). The zero-order valence-corrected chi connectivity index (χ0v) is 12.8. The summed E-state index contributed by atoms with van der Waals surface area (Å²) in [5.74, 6) is 1.05. The summed E-state index contributed by atoms with van der Waals surface area (Å²) in [6, 6.07) is 3.60. The number of thioether (sulfide) groups is 1. The number of amides is 1. The number of nitrogens with one attached hydrogen (secondary N) is 2. The highest BCUT2D eigenvalue weighted by molar-refractivity contribution is 7.99. The number of carbonyl (C=O) groups excluding carboxylic acids is 1. The molecule has 2 N–H and O–H groups in total. The fourth-order valence-electron chi connectivity index (χ4n) is 2.19. The van der Waals surface area contributed by atoms with E-state index in [1.807, 2.05) is 12.1 Å². The molecule has 104 valence electrons. The first-order valence-electron chi connectivity index (χ1n) is 6.61. The van der Waals surface area contributed by atoms with E-state index >= 15 is 0 Å². The molecular weight excluding hydrogens is 280 g/mol. The number of carbonyl (C=O) groups is 1. The maximum Gasteiger partial charge on any atom is 0.246 e. The SMILES string of the molecule is CCCCCSc1cc2c(cc1Cl)C(NC)C(=O)N2. The molecule has 1 amide bonds. The third kappa shape index (κ3) is 3.25. The van der Waals surface area contributed by atoms with Gasteiger partial charge in [0.25, 0.3) is 0 Å². The minimum atomic E-state index is -0.286. The van der Waals surface area contributed by atoms with Crippen LogP contribution in [0.1, 0.15) is 37.8 Å². The summed E-state index contributed by atoms with van der Waals surface area (Å²) in [6.45, 7) is 2.19. The molecule has 3 nitrogen and oxygen atoms in total. The Morgan fingerprint density at radius 2 is 2.21 bits per heavy atom. The lowest BCUT2D eigenvalue weighted by Crippen LogP contribution is -2.23. The van der Waals surface area contributed by atoms with Crippen molar-refractivity contribution in [3.05, 3.63) is 22.7 Å². The zero-order chi connectivity index (χ0) is 13.8. The second kappa shape index (κ2) is 6.64. The Balaban J connectivity index is 2.12. The maximum atomic E-state index is 11.8. The van der Waals surface area contributed by atoms with Gasteiger partial charge in [0, 0.05) is 16.1 Å². The highest BCUT2D eigenvalue weighted by Gasteiger charge is 2.30. The predicted octanol–water partition coefficient (Wildman–Crippen LogP) is 3.83. The third-order valence-electron chi connectivity index (χ3n) is 3.23. The van der Waals surface area contributed by atoms with Crippen LogP contribution >= 0.6 is 23.4 Å². The van der Waals surface area contributed by atoms with Crippen LogP contribution in [0.2, 0.25) is 5.02 Å². The van der Waals surface area contributed by atoms with Gasteiger partial charge >= 0.3 is 0 Å². The summed E-state index contributed by atoms with van der Waals surface area (Å²) < 4.78 is 0. The van der Waals surface area contributed by atoms with Gasteiger partial charge in [-0.15, -0.1) is 11.8 Å². The number of anilines is 1. The van der Waals surface area contributed by atoms with Crippen molar-refractivity contribution < 1.29 is 4.79 Å². The molecular formula is C14H19ClN2OS. The van der Waals surface area contributed by atoms with Gasteiger partial charge in [0.2, 0.25) is 5.91 Å². The second-order valence-corrected chi connectivity index (χ2v) is 6.18. The Labute approximate surface area is 123 Å². The number of halogens is 1. The molecule has 19 heavy (non-hydrogen) atoms. The monoisotopic (exact) mass is 298 g/mol. The van der Waals surface area contributed by atoms with Crippen LogP contribution in [0.4, 0.5) is 5.69 Å². The van der Waals surface area contributed by atoms with E-state index in [1.165, 1.54) is 19.3 Å². The first kappa shape index (κ1) is 14.7. The lowest BCUT2D eigenvalue weighted by molar-refractivity contribution is -0.117. The largest absolute Gasteiger partial charge is 0.324 e. The molecule has 0 bridgehead atoms. The van der Waals surface area contributed by atoms with Crippen LogP contribution in [0.25, 0.3) is 0 Å². The van der Waals surface area contributed by atoms with E-state index in [0.29, 0.717) is 0 Å². The molecule has 1 aromatic rings. The molecule has 1 unspecified atom stereocenters. The van der Waals surface area contributed by atoms with E-state index in [-0.39, 0.29) is 11.9 Å². The Hall–Kier alpha value is -0.710. The normalized spacial score (nSPS) is 17.4. The van der Waals surface area contributed by atoms with E-state index in [0.717, 1.165) is 26.9 Å². The van der Waals surface area contributed by atoms with Crippen LogP contribution < -0.4 is 10.6 Å². The first-order chi connectivity index (χ1) is 9.17. The van der Waals surface area contributed by atoms with E-state index < -0.39 is 0 Å². The third-order valence-corrected chi connectivity index (χ3v) is 4.80. The van der Waals surface area contributed by atoms with Crippen molar-refractivity contribution in [2.45, 2.75) is 37.1 Å². The summed E-state index contributed by atoms with van der Waals surface area (Å²) >= 11 is 8.06. The number of rotatable bonds is 6. The van der Waals surface area contributed by atoms with Crippen LogP contribution in [-0.4, -0.2) is 18.7 Å². The molecule has 1 aromatic carbocycles. The zero-order valence-electron chi connectivity index (χ0n) is 11.3. The topological polar surface area (TPSA) is 41.1 Å². The molecule has 0 fully saturated rings.